The molecule has 0 unspecified atom stereocenters. The first-order valence-corrected chi connectivity index (χ1v) is 10.2. The van der Waals surface area contributed by atoms with Gasteiger partial charge in [0.25, 0.3) is 5.91 Å². The van der Waals surface area contributed by atoms with Crippen molar-refractivity contribution in [3.8, 4) is 5.75 Å². The van der Waals surface area contributed by atoms with E-state index in [-0.39, 0.29) is 18.2 Å². The maximum Gasteiger partial charge on any atom is 0.251 e. The van der Waals surface area contributed by atoms with Crippen molar-refractivity contribution in [1.29, 1.82) is 0 Å². The number of ether oxygens (including phenoxy) is 3. The lowest BCUT2D eigenvalue weighted by Gasteiger charge is -2.30. The second-order valence-corrected chi connectivity index (χ2v) is 7.61. The Morgan fingerprint density at radius 3 is 2.80 bits per heavy atom. The fourth-order valence-corrected chi connectivity index (χ4v) is 3.68. The molecule has 0 atom stereocenters. The Labute approximate surface area is 180 Å². The topological polar surface area (TPSA) is 69.7 Å². The minimum atomic E-state index is -0.307. The van der Waals surface area contributed by atoms with Crippen molar-refractivity contribution >= 4 is 28.4 Å². The van der Waals surface area contributed by atoms with Crippen molar-refractivity contribution in [2.75, 3.05) is 20.3 Å². The highest BCUT2D eigenvalue weighted by Crippen LogP contribution is 2.24. The average Bonchev–Trinajstić information content (AvgIpc) is 2.78. The molecule has 4 rings (SSSR count). The molecule has 6 nitrogen and oxygen atoms in total. The van der Waals surface area contributed by atoms with Gasteiger partial charge in [-0.15, -0.1) is 0 Å². The van der Waals surface area contributed by atoms with Crippen molar-refractivity contribution in [3.63, 3.8) is 0 Å². The number of carbonyl (C=O) groups is 1. The molecular weight excluding hydrogens is 404 g/mol. The minimum Gasteiger partial charge on any atom is -0.497 e. The van der Waals surface area contributed by atoms with Gasteiger partial charge in [-0.2, -0.15) is 0 Å². The Morgan fingerprint density at radius 2 is 2.03 bits per heavy atom. The molecule has 7 heteroatoms. The van der Waals surface area contributed by atoms with Crippen molar-refractivity contribution in [3.05, 3.63) is 70.9 Å². The van der Waals surface area contributed by atoms with E-state index in [1.807, 2.05) is 30.5 Å². The lowest BCUT2D eigenvalue weighted by molar-refractivity contribution is -0.190. The number of carbonyl (C=O) groups excluding carboxylic acids is 1. The molecule has 30 heavy (non-hydrogen) atoms. The van der Waals surface area contributed by atoms with E-state index in [1.165, 1.54) is 5.56 Å². The van der Waals surface area contributed by atoms with E-state index < -0.39 is 0 Å². The molecule has 0 spiro atoms. The number of methoxy groups -OCH3 is 1. The maximum absolute atomic E-state index is 12.3. The molecule has 3 aromatic rings. The lowest BCUT2D eigenvalue weighted by atomic mass is 10.0. The third-order valence-corrected chi connectivity index (χ3v) is 5.31. The highest BCUT2D eigenvalue weighted by atomic mass is 35.5. The van der Waals surface area contributed by atoms with Gasteiger partial charge in [0.2, 0.25) is 0 Å². The van der Waals surface area contributed by atoms with E-state index in [0.29, 0.717) is 30.2 Å². The van der Waals surface area contributed by atoms with Crippen LogP contribution in [0.4, 0.5) is 0 Å². The van der Waals surface area contributed by atoms with Gasteiger partial charge in [-0.05, 0) is 54.4 Å². The van der Waals surface area contributed by atoms with Crippen molar-refractivity contribution in [2.24, 2.45) is 0 Å². The van der Waals surface area contributed by atoms with Gasteiger partial charge in [0.05, 0.1) is 31.9 Å². The van der Waals surface area contributed by atoms with Gasteiger partial charge in [-0.1, -0.05) is 17.7 Å². The number of aryl methyl sites for hydroxylation is 1. The molecule has 2 aromatic carbocycles. The summed E-state index contributed by atoms with van der Waals surface area (Å²) in [5.41, 5.74) is 2.62. The van der Waals surface area contributed by atoms with E-state index in [0.717, 1.165) is 23.1 Å². The molecule has 1 aliphatic heterocycles. The Bertz CT molecular complexity index is 1030. The summed E-state index contributed by atoms with van der Waals surface area (Å²) < 4.78 is 17.0. The zero-order chi connectivity index (χ0) is 20.9. The standard InChI is InChI=1S/C23H23ClN2O4/c1-28-19-6-7-21-20(12-19)15(9-10-25-21)5-8-22-29-13-18(14-30-22)26-23(27)16-3-2-4-17(24)11-16/h2-4,6-7,9-12,18,22H,5,8,13-14H2,1H3,(H,26,27). The third-order valence-electron chi connectivity index (χ3n) is 5.08. The lowest BCUT2D eigenvalue weighted by Crippen LogP contribution is -2.47. The molecule has 0 bridgehead atoms. The number of aromatic nitrogens is 1. The van der Waals surface area contributed by atoms with Gasteiger partial charge >= 0.3 is 0 Å². The second-order valence-electron chi connectivity index (χ2n) is 7.17. The summed E-state index contributed by atoms with van der Waals surface area (Å²) in [5, 5.41) is 4.52. The smallest absolute Gasteiger partial charge is 0.251 e. The van der Waals surface area contributed by atoms with Crippen LogP contribution in [0.2, 0.25) is 5.02 Å². The summed E-state index contributed by atoms with van der Waals surface area (Å²) >= 11 is 5.95. The number of fused-ring (bicyclic) bond motifs is 1. The number of amides is 1. The van der Waals surface area contributed by atoms with E-state index in [4.69, 9.17) is 25.8 Å². The van der Waals surface area contributed by atoms with Crippen molar-refractivity contribution in [1.82, 2.24) is 10.3 Å². The summed E-state index contributed by atoms with van der Waals surface area (Å²) in [7, 11) is 1.66. The summed E-state index contributed by atoms with van der Waals surface area (Å²) in [6.45, 7) is 0.809. The van der Waals surface area contributed by atoms with Gasteiger partial charge in [0.1, 0.15) is 5.75 Å². The van der Waals surface area contributed by atoms with Crippen LogP contribution in [0.5, 0.6) is 5.75 Å². The molecule has 1 aromatic heterocycles. The van der Waals surface area contributed by atoms with Crippen LogP contribution in [-0.2, 0) is 15.9 Å². The number of nitrogens with one attached hydrogen (secondary N) is 1. The third kappa shape index (κ3) is 4.90. The SMILES string of the molecule is COc1ccc2nccc(CCC3OCC(NC(=O)c4cccc(Cl)c4)CO3)c2c1. The summed E-state index contributed by atoms with van der Waals surface area (Å²) in [5.74, 6) is 0.616. The average molecular weight is 427 g/mol. The van der Waals surface area contributed by atoms with E-state index in [2.05, 4.69) is 10.3 Å². The number of hydrogen-bond acceptors (Lipinski definition) is 5. The predicted molar refractivity (Wildman–Crippen MR) is 115 cm³/mol. The van der Waals surface area contributed by atoms with Gasteiger partial charge in [0, 0.05) is 28.6 Å². The Morgan fingerprint density at radius 1 is 1.20 bits per heavy atom. The number of halogens is 1. The zero-order valence-electron chi connectivity index (χ0n) is 16.6. The van der Waals surface area contributed by atoms with Crippen LogP contribution in [0.1, 0.15) is 22.3 Å². The molecule has 1 aliphatic rings. The van der Waals surface area contributed by atoms with Crippen LogP contribution in [-0.4, -0.2) is 43.5 Å². The fourth-order valence-electron chi connectivity index (χ4n) is 3.49. The second kappa shape index (κ2) is 9.43. The molecule has 1 N–H and O–H groups in total. The van der Waals surface area contributed by atoms with Gasteiger partial charge < -0.3 is 19.5 Å². The number of benzene rings is 2. The van der Waals surface area contributed by atoms with Crippen molar-refractivity contribution < 1.29 is 19.0 Å². The molecule has 1 fully saturated rings. The molecule has 1 saturated heterocycles. The molecule has 156 valence electrons. The zero-order valence-corrected chi connectivity index (χ0v) is 17.4. The number of rotatable bonds is 6. The first-order chi connectivity index (χ1) is 14.6. The monoisotopic (exact) mass is 426 g/mol. The first kappa shape index (κ1) is 20.6. The molecular formula is C23H23ClN2O4. The Hall–Kier alpha value is -2.67. The predicted octanol–water partition coefficient (Wildman–Crippen LogP) is 4.00. The first-order valence-electron chi connectivity index (χ1n) is 9.83. The van der Waals surface area contributed by atoms with Crippen LogP contribution >= 0.6 is 11.6 Å². The van der Waals surface area contributed by atoms with E-state index >= 15 is 0 Å². The molecule has 0 radical (unpaired) electrons. The van der Waals surface area contributed by atoms with Gasteiger partial charge in [-0.25, -0.2) is 0 Å². The Kier molecular flexibility index (Phi) is 6.47. The number of nitrogens with zero attached hydrogens (tertiary/aromatic N) is 1. The summed E-state index contributed by atoms with van der Waals surface area (Å²) in [4.78, 5) is 16.8. The fraction of sp³-hybridized carbons (Fsp3) is 0.304. The van der Waals surface area contributed by atoms with E-state index in [1.54, 1.807) is 31.4 Å². The summed E-state index contributed by atoms with van der Waals surface area (Å²) in [6, 6.07) is 14.5. The van der Waals surface area contributed by atoms with Crippen LogP contribution < -0.4 is 10.1 Å². The number of hydrogen-bond donors (Lipinski definition) is 1. The van der Waals surface area contributed by atoms with Crippen molar-refractivity contribution in [2.45, 2.75) is 25.2 Å². The molecule has 0 saturated carbocycles. The normalized spacial score (nSPS) is 18.9. The largest absolute Gasteiger partial charge is 0.497 e. The highest BCUT2D eigenvalue weighted by molar-refractivity contribution is 6.30. The Balaban J connectivity index is 1.30. The van der Waals surface area contributed by atoms with Gasteiger partial charge in [0.15, 0.2) is 6.29 Å². The quantitative estimate of drug-likeness (QED) is 0.645. The minimum absolute atomic E-state index is 0.189. The maximum atomic E-state index is 12.3. The highest BCUT2D eigenvalue weighted by Gasteiger charge is 2.24. The summed E-state index contributed by atoms with van der Waals surface area (Å²) in [6.07, 6.45) is 3.01. The van der Waals surface area contributed by atoms with Crippen LogP contribution in [0.15, 0.2) is 54.7 Å². The molecule has 0 aliphatic carbocycles. The number of pyridine rings is 1. The van der Waals surface area contributed by atoms with Crippen LogP contribution in [0.3, 0.4) is 0 Å². The van der Waals surface area contributed by atoms with Crippen LogP contribution in [0, 0.1) is 0 Å². The van der Waals surface area contributed by atoms with Crippen LogP contribution in [0.25, 0.3) is 10.9 Å². The van der Waals surface area contributed by atoms with E-state index in [9.17, 15) is 4.79 Å². The molecule has 2 heterocycles. The molecule has 1 amide bonds. The van der Waals surface area contributed by atoms with Gasteiger partial charge in [-0.3, -0.25) is 9.78 Å².